The number of carbonyl (C=O) groups excluding carboxylic acids is 2. The SMILES string of the molecule is CC(C)[C@@H](Sc1nnc(-c2ccncc2)n1C)C(=O)NC(N)=O. The van der Waals surface area contributed by atoms with Gasteiger partial charge in [-0.15, -0.1) is 10.2 Å². The number of hydrogen-bond donors (Lipinski definition) is 2. The van der Waals surface area contributed by atoms with Gasteiger partial charge in [0, 0.05) is 25.0 Å². The zero-order valence-corrected chi connectivity index (χ0v) is 13.9. The van der Waals surface area contributed by atoms with E-state index in [1.165, 1.54) is 11.8 Å². The second kappa shape index (κ2) is 7.23. The van der Waals surface area contributed by atoms with E-state index < -0.39 is 17.2 Å². The fourth-order valence-electron chi connectivity index (χ4n) is 1.97. The van der Waals surface area contributed by atoms with Crippen LogP contribution < -0.4 is 11.1 Å². The zero-order valence-electron chi connectivity index (χ0n) is 13.1. The van der Waals surface area contributed by atoms with E-state index in [1.54, 1.807) is 17.0 Å². The summed E-state index contributed by atoms with van der Waals surface area (Å²) in [5.74, 6) is 0.221. The first-order chi connectivity index (χ1) is 10.9. The highest BCUT2D eigenvalue weighted by Gasteiger charge is 2.27. The number of aromatic nitrogens is 4. The molecular formula is C14H18N6O2S. The van der Waals surface area contributed by atoms with Crippen LogP contribution in [0.2, 0.25) is 0 Å². The topological polar surface area (TPSA) is 116 Å². The minimum atomic E-state index is -0.864. The standard InChI is InChI=1S/C14H18N6O2S/c1-8(2)10(12(21)17-13(15)22)23-14-19-18-11(20(14)3)9-4-6-16-7-5-9/h4-8,10H,1-3H3,(H3,15,17,21,22)/t10-/m1/s1. The lowest BCUT2D eigenvalue weighted by Gasteiger charge is -2.18. The summed E-state index contributed by atoms with van der Waals surface area (Å²) < 4.78 is 1.80. The molecule has 0 aliphatic rings. The Bertz CT molecular complexity index is 701. The third-order valence-electron chi connectivity index (χ3n) is 3.12. The smallest absolute Gasteiger partial charge is 0.318 e. The van der Waals surface area contributed by atoms with Gasteiger partial charge in [-0.1, -0.05) is 25.6 Å². The van der Waals surface area contributed by atoms with Crippen molar-refractivity contribution in [3.05, 3.63) is 24.5 Å². The largest absolute Gasteiger partial charge is 0.351 e. The van der Waals surface area contributed by atoms with Gasteiger partial charge >= 0.3 is 6.03 Å². The minimum absolute atomic E-state index is 0.0135. The highest BCUT2D eigenvalue weighted by Crippen LogP contribution is 2.29. The number of amides is 3. The number of primary amides is 1. The van der Waals surface area contributed by atoms with Crippen LogP contribution in [0.3, 0.4) is 0 Å². The number of nitrogens with zero attached hydrogens (tertiary/aromatic N) is 4. The third kappa shape index (κ3) is 4.07. The first-order valence-corrected chi connectivity index (χ1v) is 7.85. The van der Waals surface area contributed by atoms with Crippen molar-refractivity contribution in [1.29, 1.82) is 0 Å². The number of pyridine rings is 1. The Labute approximate surface area is 137 Å². The van der Waals surface area contributed by atoms with Crippen molar-refractivity contribution in [2.45, 2.75) is 24.3 Å². The van der Waals surface area contributed by atoms with Gasteiger partial charge in [0.25, 0.3) is 0 Å². The van der Waals surface area contributed by atoms with Crippen LogP contribution in [0.5, 0.6) is 0 Å². The lowest BCUT2D eigenvalue weighted by Crippen LogP contribution is -2.42. The van der Waals surface area contributed by atoms with Crippen LogP contribution in [0.4, 0.5) is 4.79 Å². The van der Waals surface area contributed by atoms with Crippen molar-refractivity contribution in [3.63, 3.8) is 0 Å². The van der Waals surface area contributed by atoms with Crippen molar-refractivity contribution >= 4 is 23.7 Å². The molecule has 0 saturated carbocycles. The van der Waals surface area contributed by atoms with E-state index in [0.29, 0.717) is 11.0 Å². The minimum Gasteiger partial charge on any atom is -0.351 e. The maximum Gasteiger partial charge on any atom is 0.318 e. The quantitative estimate of drug-likeness (QED) is 0.793. The number of nitrogens with one attached hydrogen (secondary N) is 1. The molecule has 0 bridgehead atoms. The predicted molar refractivity (Wildman–Crippen MR) is 86.4 cm³/mol. The highest BCUT2D eigenvalue weighted by molar-refractivity contribution is 8.00. The molecule has 9 heteroatoms. The molecule has 1 atom stereocenters. The van der Waals surface area contributed by atoms with Crippen molar-refractivity contribution < 1.29 is 9.59 Å². The molecule has 3 amide bonds. The van der Waals surface area contributed by atoms with Gasteiger partial charge in [0.2, 0.25) is 5.91 Å². The third-order valence-corrected chi connectivity index (χ3v) is 4.69. The molecule has 0 fully saturated rings. The maximum atomic E-state index is 12.1. The van der Waals surface area contributed by atoms with Crippen LogP contribution in [0.1, 0.15) is 13.8 Å². The number of thioether (sulfide) groups is 1. The number of rotatable bonds is 5. The van der Waals surface area contributed by atoms with Crippen molar-refractivity contribution in [2.24, 2.45) is 18.7 Å². The number of carbonyl (C=O) groups is 2. The Morgan fingerprint density at radius 2 is 1.91 bits per heavy atom. The fraction of sp³-hybridized carbons (Fsp3) is 0.357. The Hall–Kier alpha value is -2.42. The van der Waals surface area contributed by atoms with Crippen LogP contribution in [0.15, 0.2) is 29.7 Å². The molecular weight excluding hydrogens is 316 g/mol. The maximum absolute atomic E-state index is 12.1. The number of imide groups is 1. The number of urea groups is 1. The van der Waals surface area contributed by atoms with Gasteiger partial charge in [-0.05, 0) is 18.1 Å². The van der Waals surface area contributed by atoms with Gasteiger partial charge < -0.3 is 10.3 Å². The van der Waals surface area contributed by atoms with Crippen LogP contribution in [-0.2, 0) is 11.8 Å². The van der Waals surface area contributed by atoms with E-state index in [1.807, 2.05) is 33.0 Å². The summed E-state index contributed by atoms with van der Waals surface area (Å²) in [5, 5.41) is 10.5. The van der Waals surface area contributed by atoms with E-state index in [4.69, 9.17) is 5.73 Å². The summed E-state index contributed by atoms with van der Waals surface area (Å²) in [5.41, 5.74) is 5.89. The molecule has 2 aromatic rings. The van der Waals surface area contributed by atoms with Crippen LogP contribution in [0, 0.1) is 5.92 Å². The van der Waals surface area contributed by atoms with E-state index in [0.717, 1.165) is 5.56 Å². The van der Waals surface area contributed by atoms with Gasteiger partial charge in [-0.3, -0.25) is 15.1 Å². The van der Waals surface area contributed by atoms with Crippen molar-refractivity contribution in [3.8, 4) is 11.4 Å². The molecule has 0 saturated heterocycles. The number of hydrogen-bond acceptors (Lipinski definition) is 6. The Kier molecular flexibility index (Phi) is 5.32. The fourth-order valence-corrected chi connectivity index (χ4v) is 2.97. The Balaban J connectivity index is 2.23. The molecule has 122 valence electrons. The molecule has 23 heavy (non-hydrogen) atoms. The summed E-state index contributed by atoms with van der Waals surface area (Å²) in [6.07, 6.45) is 3.35. The number of nitrogens with two attached hydrogens (primary N) is 1. The monoisotopic (exact) mass is 334 g/mol. The highest BCUT2D eigenvalue weighted by atomic mass is 32.2. The van der Waals surface area contributed by atoms with Crippen LogP contribution in [-0.4, -0.2) is 36.9 Å². The van der Waals surface area contributed by atoms with Gasteiger partial charge in [0.05, 0.1) is 5.25 Å². The second-order valence-corrected chi connectivity index (χ2v) is 6.35. The van der Waals surface area contributed by atoms with Crippen LogP contribution in [0.25, 0.3) is 11.4 Å². The van der Waals surface area contributed by atoms with E-state index in [9.17, 15) is 9.59 Å². The molecule has 2 heterocycles. The lowest BCUT2D eigenvalue weighted by molar-refractivity contribution is -0.120. The lowest BCUT2D eigenvalue weighted by atomic mass is 10.1. The zero-order chi connectivity index (χ0) is 17.0. The molecule has 0 aliphatic carbocycles. The van der Waals surface area contributed by atoms with E-state index in [2.05, 4.69) is 20.5 Å². The summed E-state index contributed by atoms with van der Waals surface area (Å²) in [6, 6.07) is 2.80. The summed E-state index contributed by atoms with van der Waals surface area (Å²) in [4.78, 5) is 26.9. The first kappa shape index (κ1) is 16.9. The molecule has 0 unspecified atom stereocenters. The molecule has 0 spiro atoms. The summed E-state index contributed by atoms with van der Waals surface area (Å²) in [6.45, 7) is 3.77. The molecule has 8 nitrogen and oxygen atoms in total. The van der Waals surface area contributed by atoms with E-state index in [-0.39, 0.29) is 5.92 Å². The second-order valence-electron chi connectivity index (χ2n) is 5.24. The molecule has 0 aromatic carbocycles. The van der Waals surface area contributed by atoms with Crippen molar-refractivity contribution in [2.75, 3.05) is 0 Å². The average molecular weight is 334 g/mol. The molecule has 0 aliphatic heterocycles. The van der Waals surface area contributed by atoms with Crippen molar-refractivity contribution in [1.82, 2.24) is 25.1 Å². The first-order valence-electron chi connectivity index (χ1n) is 6.97. The van der Waals surface area contributed by atoms with Crippen LogP contribution >= 0.6 is 11.8 Å². The molecule has 0 radical (unpaired) electrons. The van der Waals surface area contributed by atoms with E-state index >= 15 is 0 Å². The predicted octanol–water partition coefficient (Wildman–Crippen LogP) is 1.19. The Morgan fingerprint density at radius 3 is 2.48 bits per heavy atom. The normalized spacial score (nSPS) is 12.2. The summed E-state index contributed by atoms with van der Waals surface area (Å²) >= 11 is 1.24. The Morgan fingerprint density at radius 1 is 1.26 bits per heavy atom. The van der Waals surface area contributed by atoms with Gasteiger partial charge in [-0.2, -0.15) is 0 Å². The molecule has 2 rings (SSSR count). The average Bonchev–Trinajstić information content (AvgIpc) is 2.85. The van der Waals surface area contributed by atoms with Gasteiger partial charge in [0.1, 0.15) is 0 Å². The molecule has 3 N–H and O–H groups in total. The molecule has 2 aromatic heterocycles. The van der Waals surface area contributed by atoms with Gasteiger partial charge in [0.15, 0.2) is 11.0 Å². The van der Waals surface area contributed by atoms with Gasteiger partial charge in [-0.25, -0.2) is 4.79 Å². The summed E-state index contributed by atoms with van der Waals surface area (Å²) in [7, 11) is 1.82.